The molecule has 1 aliphatic heterocycles. The fraction of sp³-hybridized carbons (Fsp3) is 0.900. The van der Waals surface area contributed by atoms with Crippen LogP contribution in [0.25, 0.3) is 0 Å². The lowest BCUT2D eigenvalue weighted by atomic mass is 10.00. The monoisotopic (exact) mass is 247 g/mol. The number of alkyl halides is 1. The van der Waals surface area contributed by atoms with Gasteiger partial charge < -0.3 is 4.90 Å². The average Bonchev–Trinajstić information content (AvgIpc) is 2.16. The van der Waals surface area contributed by atoms with Gasteiger partial charge in [0.05, 0.1) is 4.83 Å². The van der Waals surface area contributed by atoms with Crippen LogP contribution in [-0.2, 0) is 4.79 Å². The maximum Gasteiger partial charge on any atom is 0.236 e. The number of hydrogen-bond acceptors (Lipinski definition) is 1. The first-order chi connectivity index (χ1) is 6.16. The fourth-order valence-corrected chi connectivity index (χ4v) is 2.21. The molecule has 1 rings (SSSR count). The van der Waals surface area contributed by atoms with Crippen molar-refractivity contribution in [1.29, 1.82) is 0 Å². The van der Waals surface area contributed by atoms with Crippen molar-refractivity contribution in [3.63, 3.8) is 0 Å². The summed E-state index contributed by atoms with van der Waals surface area (Å²) in [6, 6.07) is 0.487. The van der Waals surface area contributed by atoms with Crippen molar-refractivity contribution in [1.82, 2.24) is 4.90 Å². The van der Waals surface area contributed by atoms with Gasteiger partial charge in [-0.2, -0.15) is 0 Å². The number of amides is 1. The number of carbonyl (C=O) groups is 1. The van der Waals surface area contributed by atoms with Crippen molar-refractivity contribution in [2.75, 3.05) is 6.54 Å². The van der Waals surface area contributed by atoms with Gasteiger partial charge in [0.2, 0.25) is 5.91 Å². The minimum atomic E-state index is -0.0281. The fourth-order valence-electron chi connectivity index (χ4n) is 1.94. The maximum absolute atomic E-state index is 11.7. The second-order valence-electron chi connectivity index (χ2n) is 3.71. The first kappa shape index (κ1) is 11.0. The summed E-state index contributed by atoms with van der Waals surface area (Å²) in [5.74, 6) is 0.256. The molecule has 76 valence electrons. The van der Waals surface area contributed by atoms with E-state index in [4.69, 9.17) is 0 Å². The summed E-state index contributed by atoms with van der Waals surface area (Å²) in [5, 5.41) is 0. The predicted octanol–water partition coefficient (Wildman–Crippen LogP) is 2.56. The molecule has 13 heavy (non-hydrogen) atoms. The molecule has 0 radical (unpaired) electrons. The number of hydrogen-bond donors (Lipinski definition) is 0. The molecule has 1 aliphatic rings. The van der Waals surface area contributed by atoms with Gasteiger partial charge >= 0.3 is 0 Å². The summed E-state index contributed by atoms with van der Waals surface area (Å²) in [4.78, 5) is 13.8. The van der Waals surface area contributed by atoms with Crippen LogP contribution in [0, 0.1) is 0 Å². The second kappa shape index (κ2) is 4.99. The van der Waals surface area contributed by atoms with Gasteiger partial charge in [-0.3, -0.25) is 4.79 Å². The summed E-state index contributed by atoms with van der Waals surface area (Å²) in [6.07, 6.45) is 4.72. The average molecular weight is 248 g/mol. The molecule has 0 aliphatic carbocycles. The Labute approximate surface area is 88.8 Å². The third-order valence-corrected chi connectivity index (χ3v) is 3.11. The van der Waals surface area contributed by atoms with E-state index >= 15 is 0 Å². The summed E-state index contributed by atoms with van der Waals surface area (Å²) < 4.78 is 0. The Balaban J connectivity index is 2.58. The first-order valence-corrected chi connectivity index (χ1v) is 6.03. The lowest BCUT2D eigenvalue weighted by Gasteiger charge is -2.36. The van der Waals surface area contributed by atoms with E-state index in [2.05, 4.69) is 22.9 Å². The normalized spacial score (nSPS) is 25.8. The van der Waals surface area contributed by atoms with Crippen LogP contribution in [0.15, 0.2) is 0 Å². The van der Waals surface area contributed by atoms with Crippen LogP contribution in [0.4, 0.5) is 0 Å². The van der Waals surface area contributed by atoms with Gasteiger partial charge in [0.15, 0.2) is 0 Å². The molecule has 0 aromatic carbocycles. The van der Waals surface area contributed by atoms with Crippen molar-refractivity contribution in [3.8, 4) is 0 Å². The van der Waals surface area contributed by atoms with Gasteiger partial charge in [0, 0.05) is 12.6 Å². The van der Waals surface area contributed by atoms with Gasteiger partial charge in [0.1, 0.15) is 0 Å². The van der Waals surface area contributed by atoms with Crippen molar-refractivity contribution >= 4 is 21.8 Å². The van der Waals surface area contributed by atoms with Gasteiger partial charge in [-0.1, -0.05) is 22.9 Å². The smallest absolute Gasteiger partial charge is 0.236 e. The molecule has 1 heterocycles. The van der Waals surface area contributed by atoms with Crippen LogP contribution in [0.1, 0.15) is 39.5 Å². The maximum atomic E-state index is 11.7. The molecular formula is C10H18BrNO. The molecule has 2 unspecified atom stereocenters. The van der Waals surface area contributed by atoms with E-state index in [1.807, 2.05) is 11.8 Å². The standard InChI is InChI=1S/C10H18BrNO/c1-3-9-6-4-5-7-12(9)10(13)8(2)11/h8-9H,3-7H2,1-2H3. The van der Waals surface area contributed by atoms with Crippen molar-refractivity contribution < 1.29 is 4.79 Å². The summed E-state index contributed by atoms with van der Waals surface area (Å²) in [5.41, 5.74) is 0. The van der Waals surface area contributed by atoms with Crippen LogP contribution in [0.3, 0.4) is 0 Å². The van der Waals surface area contributed by atoms with Gasteiger partial charge in [-0.15, -0.1) is 0 Å². The number of piperidine rings is 1. The number of halogens is 1. The zero-order chi connectivity index (χ0) is 9.84. The number of likely N-dealkylation sites (tertiary alicyclic amines) is 1. The lowest BCUT2D eigenvalue weighted by Crippen LogP contribution is -2.45. The Morgan fingerprint density at radius 1 is 1.62 bits per heavy atom. The van der Waals surface area contributed by atoms with E-state index < -0.39 is 0 Å². The molecule has 0 aromatic rings. The first-order valence-electron chi connectivity index (χ1n) is 5.11. The van der Waals surface area contributed by atoms with E-state index in [1.54, 1.807) is 0 Å². The van der Waals surface area contributed by atoms with E-state index in [9.17, 15) is 4.79 Å². The van der Waals surface area contributed by atoms with Crippen molar-refractivity contribution in [2.45, 2.75) is 50.4 Å². The van der Waals surface area contributed by atoms with Crippen LogP contribution in [0.5, 0.6) is 0 Å². The van der Waals surface area contributed by atoms with Crippen LogP contribution < -0.4 is 0 Å². The van der Waals surface area contributed by atoms with Crippen LogP contribution >= 0.6 is 15.9 Å². The molecule has 0 N–H and O–H groups in total. The van der Waals surface area contributed by atoms with Crippen LogP contribution in [0.2, 0.25) is 0 Å². The van der Waals surface area contributed by atoms with Gasteiger partial charge in [-0.05, 0) is 32.6 Å². The molecule has 0 saturated carbocycles. The number of carbonyl (C=O) groups excluding carboxylic acids is 1. The Morgan fingerprint density at radius 2 is 2.31 bits per heavy atom. The third kappa shape index (κ3) is 2.70. The molecule has 0 aromatic heterocycles. The Hall–Kier alpha value is -0.0500. The molecular weight excluding hydrogens is 230 g/mol. The minimum Gasteiger partial charge on any atom is -0.339 e. The highest BCUT2D eigenvalue weighted by molar-refractivity contribution is 9.10. The second-order valence-corrected chi connectivity index (χ2v) is 5.08. The molecule has 3 heteroatoms. The molecule has 0 spiro atoms. The summed E-state index contributed by atoms with van der Waals surface area (Å²) >= 11 is 3.34. The van der Waals surface area contributed by atoms with Crippen molar-refractivity contribution in [2.24, 2.45) is 0 Å². The molecule has 1 saturated heterocycles. The van der Waals surface area contributed by atoms with Gasteiger partial charge in [0.25, 0.3) is 0 Å². The van der Waals surface area contributed by atoms with E-state index in [0.29, 0.717) is 6.04 Å². The Kier molecular flexibility index (Phi) is 4.23. The molecule has 2 atom stereocenters. The Morgan fingerprint density at radius 3 is 2.85 bits per heavy atom. The lowest BCUT2D eigenvalue weighted by molar-refractivity contribution is -0.133. The van der Waals surface area contributed by atoms with Gasteiger partial charge in [-0.25, -0.2) is 0 Å². The highest BCUT2D eigenvalue weighted by atomic mass is 79.9. The zero-order valence-corrected chi connectivity index (χ0v) is 10.0. The largest absolute Gasteiger partial charge is 0.339 e. The number of rotatable bonds is 2. The van der Waals surface area contributed by atoms with Crippen molar-refractivity contribution in [3.05, 3.63) is 0 Å². The van der Waals surface area contributed by atoms with E-state index in [-0.39, 0.29) is 10.7 Å². The predicted molar refractivity (Wildman–Crippen MR) is 58.0 cm³/mol. The topological polar surface area (TPSA) is 20.3 Å². The Bertz CT molecular complexity index is 182. The molecule has 2 nitrogen and oxygen atoms in total. The highest BCUT2D eigenvalue weighted by Gasteiger charge is 2.27. The zero-order valence-electron chi connectivity index (χ0n) is 8.42. The third-order valence-electron chi connectivity index (χ3n) is 2.72. The molecule has 0 bridgehead atoms. The van der Waals surface area contributed by atoms with E-state index in [0.717, 1.165) is 13.0 Å². The van der Waals surface area contributed by atoms with E-state index in [1.165, 1.54) is 19.3 Å². The highest BCUT2D eigenvalue weighted by Crippen LogP contribution is 2.21. The summed E-state index contributed by atoms with van der Waals surface area (Å²) in [6.45, 7) is 5.02. The van der Waals surface area contributed by atoms with Crippen LogP contribution in [-0.4, -0.2) is 28.2 Å². The SMILES string of the molecule is CCC1CCCCN1C(=O)C(C)Br. The minimum absolute atomic E-state index is 0.0281. The molecule has 1 amide bonds. The summed E-state index contributed by atoms with van der Waals surface area (Å²) in [7, 11) is 0. The molecule has 1 fully saturated rings. The quantitative estimate of drug-likeness (QED) is 0.688. The number of nitrogens with zero attached hydrogens (tertiary/aromatic N) is 1.